The minimum atomic E-state index is 0.205. The molecule has 1 heterocycles. The van der Waals surface area contributed by atoms with Gasteiger partial charge in [-0.25, -0.2) is 0 Å². The first-order valence-electron chi connectivity index (χ1n) is 6.82. The summed E-state index contributed by atoms with van der Waals surface area (Å²) >= 11 is 0. The van der Waals surface area contributed by atoms with Crippen LogP contribution in [-0.2, 0) is 4.79 Å². The van der Waals surface area contributed by atoms with E-state index >= 15 is 0 Å². The number of hydrogen-bond donors (Lipinski definition) is 1. The van der Waals surface area contributed by atoms with Gasteiger partial charge in [0.15, 0.2) is 0 Å². The van der Waals surface area contributed by atoms with Gasteiger partial charge in [-0.1, -0.05) is 18.6 Å². The molecule has 1 fully saturated rings. The summed E-state index contributed by atoms with van der Waals surface area (Å²) in [5, 5.41) is 2.94. The van der Waals surface area contributed by atoms with Gasteiger partial charge in [0.05, 0.1) is 0 Å². The Kier molecular flexibility index (Phi) is 4.21. The molecule has 0 bridgehead atoms. The first-order chi connectivity index (χ1) is 8.16. The second kappa shape index (κ2) is 5.67. The molecule has 3 nitrogen and oxygen atoms in total. The van der Waals surface area contributed by atoms with E-state index in [2.05, 4.69) is 30.1 Å². The Morgan fingerprint density at radius 2 is 2.29 bits per heavy atom. The molecule has 17 heavy (non-hydrogen) atoms. The highest BCUT2D eigenvalue weighted by Crippen LogP contribution is 2.30. The molecule has 1 saturated heterocycles. The van der Waals surface area contributed by atoms with Crippen molar-refractivity contribution in [3.8, 4) is 0 Å². The van der Waals surface area contributed by atoms with Crippen molar-refractivity contribution in [1.82, 2.24) is 10.2 Å². The summed E-state index contributed by atoms with van der Waals surface area (Å²) in [6.45, 7) is 8.48. The van der Waals surface area contributed by atoms with Gasteiger partial charge in [0, 0.05) is 32.6 Å². The molecule has 0 aromatic rings. The summed E-state index contributed by atoms with van der Waals surface area (Å²) in [5.41, 5.74) is 1.55. The van der Waals surface area contributed by atoms with Crippen LogP contribution in [0.1, 0.15) is 33.1 Å². The highest BCUT2D eigenvalue weighted by atomic mass is 16.1. The summed E-state index contributed by atoms with van der Waals surface area (Å²) < 4.78 is 0. The average molecular weight is 236 g/mol. The van der Waals surface area contributed by atoms with Crippen molar-refractivity contribution >= 4 is 5.91 Å². The van der Waals surface area contributed by atoms with Crippen molar-refractivity contribution in [1.29, 1.82) is 0 Å². The van der Waals surface area contributed by atoms with E-state index in [1.807, 2.05) is 0 Å². The number of allylic oxidation sites excluding steroid dienone is 1. The Balaban J connectivity index is 1.92. The first-order valence-corrected chi connectivity index (χ1v) is 6.82. The third kappa shape index (κ3) is 3.32. The predicted molar refractivity (Wildman–Crippen MR) is 69.7 cm³/mol. The van der Waals surface area contributed by atoms with Gasteiger partial charge < -0.3 is 10.2 Å². The minimum Gasteiger partial charge on any atom is -0.355 e. The maximum Gasteiger partial charge on any atom is 0.221 e. The van der Waals surface area contributed by atoms with Crippen LogP contribution < -0.4 is 5.32 Å². The summed E-state index contributed by atoms with van der Waals surface area (Å²) in [7, 11) is 0. The van der Waals surface area contributed by atoms with Crippen molar-refractivity contribution in [3.05, 3.63) is 11.6 Å². The van der Waals surface area contributed by atoms with E-state index in [1.54, 1.807) is 5.57 Å². The molecule has 0 aromatic carbocycles. The van der Waals surface area contributed by atoms with Gasteiger partial charge >= 0.3 is 0 Å². The molecule has 1 amide bonds. The topological polar surface area (TPSA) is 32.3 Å². The second-order valence-electron chi connectivity index (χ2n) is 5.51. The number of rotatable bonds is 2. The lowest BCUT2D eigenvalue weighted by Crippen LogP contribution is -2.36. The molecule has 0 spiro atoms. The number of nitrogens with zero attached hydrogens (tertiary/aromatic N) is 1. The van der Waals surface area contributed by atoms with Crippen LogP contribution in [0.3, 0.4) is 0 Å². The van der Waals surface area contributed by atoms with Crippen molar-refractivity contribution in [3.63, 3.8) is 0 Å². The molecule has 0 saturated carbocycles. The van der Waals surface area contributed by atoms with Gasteiger partial charge in [0.1, 0.15) is 0 Å². The van der Waals surface area contributed by atoms with Crippen molar-refractivity contribution in [2.24, 2.45) is 11.8 Å². The molecule has 0 unspecified atom stereocenters. The number of carbonyl (C=O) groups excluding carboxylic acids is 1. The zero-order chi connectivity index (χ0) is 12.3. The van der Waals surface area contributed by atoms with Crippen molar-refractivity contribution in [2.45, 2.75) is 33.1 Å². The molecule has 2 aliphatic rings. The maximum atomic E-state index is 11.3. The van der Waals surface area contributed by atoms with Gasteiger partial charge in [0.2, 0.25) is 5.91 Å². The van der Waals surface area contributed by atoms with Gasteiger partial charge in [-0.2, -0.15) is 0 Å². The summed E-state index contributed by atoms with van der Waals surface area (Å²) in [5.74, 6) is 1.68. The Morgan fingerprint density at radius 1 is 1.47 bits per heavy atom. The maximum absolute atomic E-state index is 11.3. The highest BCUT2D eigenvalue weighted by Gasteiger charge is 2.25. The lowest BCUT2D eigenvalue weighted by atomic mass is 9.80. The quantitative estimate of drug-likeness (QED) is 0.742. The van der Waals surface area contributed by atoms with E-state index in [0.717, 1.165) is 32.1 Å². The number of hydrogen-bond acceptors (Lipinski definition) is 2. The average Bonchev–Trinajstić information content (AvgIpc) is 2.49. The third-order valence-corrected chi connectivity index (χ3v) is 4.22. The highest BCUT2D eigenvalue weighted by molar-refractivity contribution is 5.76. The predicted octanol–water partition coefficient (Wildman–Crippen LogP) is 1.80. The van der Waals surface area contributed by atoms with Crippen LogP contribution in [0, 0.1) is 11.8 Å². The van der Waals surface area contributed by atoms with Crippen LogP contribution in [0.4, 0.5) is 0 Å². The molecule has 1 aliphatic heterocycles. The van der Waals surface area contributed by atoms with Gasteiger partial charge in [-0.3, -0.25) is 4.79 Å². The van der Waals surface area contributed by atoms with E-state index in [4.69, 9.17) is 0 Å². The molecule has 1 N–H and O–H groups in total. The third-order valence-electron chi connectivity index (χ3n) is 4.22. The number of amides is 1. The Bertz CT molecular complexity index is 311. The standard InChI is InChI=1S/C14H24N2O/c1-11-4-3-5-12(2)13(11)10-16-8-6-14(17)15-7-9-16/h4,12-13H,3,5-10H2,1-2H3,(H,15,17)/t12-,13+/m0/s1. The molecule has 1 aliphatic carbocycles. The number of nitrogens with one attached hydrogen (secondary N) is 1. The summed E-state index contributed by atoms with van der Waals surface area (Å²) in [6, 6.07) is 0. The molecule has 96 valence electrons. The van der Waals surface area contributed by atoms with Crippen molar-refractivity contribution in [2.75, 3.05) is 26.2 Å². The molecule has 2 atom stereocenters. The zero-order valence-corrected chi connectivity index (χ0v) is 11.0. The first kappa shape index (κ1) is 12.6. The van der Waals surface area contributed by atoms with E-state index in [1.165, 1.54) is 12.8 Å². The van der Waals surface area contributed by atoms with Crippen LogP contribution >= 0.6 is 0 Å². The smallest absolute Gasteiger partial charge is 0.221 e. The molecule has 0 aromatic heterocycles. The largest absolute Gasteiger partial charge is 0.355 e. The van der Waals surface area contributed by atoms with E-state index < -0.39 is 0 Å². The monoisotopic (exact) mass is 236 g/mol. The van der Waals surface area contributed by atoms with Gasteiger partial charge in [-0.15, -0.1) is 0 Å². The fourth-order valence-electron chi connectivity index (χ4n) is 2.97. The lowest BCUT2D eigenvalue weighted by Gasteiger charge is -2.33. The van der Waals surface area contributed by atoms with Crippen LogP contribution in [0.25, 0.3) is 0 Å². The minimum absolute atomic E-state index is 0.205. The fraction of sp³-hybridized carbons (Fsp3) is 0.786. The summed E-state index contributed by atoms with van der Waals surface area (Å²) in [6.07, 6.45) is 5.60. The van der Waals surface area contributed by atoms with Gasteiger partial charge in [-0.05, 0) is 31.6 Å². The van der Waals surface area contributed by atoms with Crippen LogP contribution in [-0.4, -0.2) is 37.0 Å². The number of carbonyl (C=O) groups is 1. The van der Waals surface area contributed by atoms with E-state index in [0.29, 0.717) is 12.3 Å². The molecule has 2 rings (SSSR count). The van der Waals surface area contributed by atoms with E-state index in [-0.39, 0.29) is 5.91 Å². The van der Waals surface area contributed by atoms with E-state index in [9.17, 15) is 4.79 Å². The normalized spacial score (nSPS) is 31.6. The van der Waals surface area contributed by atoms with Crippen molar-refractivity contribution < 1.29 is 4.79 Å². The Labute approximate surface area is 104 Å². The van der Waals surface area contributed by atoms with Gasteiger partial charge in [0.25, 0.3) is 0 Å². The molecular weight excluding hydrogens is 212 g/mol. The summed E-state index contributed by atoms with van der Waals surface area (Å²) in [4.78, 5) is 13.7. The SMILES string of the molecule is CC1=CCC[C@H](C)[C@@H]1CN1CCNC(=O)CC1. The Morgan fingerprint density at radius 3 is 3.06 bits per heavy atom. The second-order valence-corrected chi connectivity index (χ2v) is 5.51. The van der Waals surface area contributed by atoms with Crippen LogP contribution in [0.5, 0.6) is 0 Å². The Hall–Kier alpha value is -0.830. The molecule has 3 heteroatoms. The molecular formula is C14H24N2O. The zero-order valence-electron chi connectivity index (χ0n) is 11.0. The van der Waals surface area contributed by atoms with Crippen LogP contribution in [0.15, 0.2) is 11.6 Å². The molecule has 0 radical (unpaired) electrons. The lowest BCUT2D eigenvalue weighted by molar-refractivity contribution is -0.120. The van der Waals surface area contributed by atoms with Crippen LogP contribution in [0.2, 0.25) is 0 Å². The fourth-order valence-corrected chi connectivity index (χ4v) is 2.97.